The fourth-order valence-electron chi connectivity index (χ4n) is 3.71. The number of hydrogen-bond acceptors (Lipinski definition) is 5. The summed E-state index contributed by atoms with van der Waals surface area (Å²) < 4.78 is 10.8. The third-order valence-corrected chi connectivity index (χ3v) is 5.45. The Hall–Kier alpha value is -2.99. The number of Topliss-reactive ketones (excluding diaryl/α,β-unsaturated/α-hetero) is 1. The van der Waals surface area contributed by atoms with E-state index in [1.165, 1.54) is 18.1 Å². The van der Waals surface area contributed by atoms with E-state index in [2.05, 4.69) is 0 Å². The van der Waals surface area contributed by atoms with E-state index in [0.717, 1.165) is 12.8 Å². The van der Waals surface area contributed by atoms with E-state index in [-0.39, 0.29) is 16.9 Å². The van der Waals surface area contributed by atoms with Gasteiger partial charge >= 0.3 is 0 Å². The molecule has 6 nitrogen and oxygen atoms in total. The van der Waals surface area contributed by atoms with Gasteiger partial charge in [0.05, 0.1) is 30.9 Å². The summed E-state index contributed by atoms with van der Waals surface area (Å²) in [7, 11) is 1.46. The van der Waals surface area contributed by atoms with Crippen LogP contribution in [0.2, 0.25) is 5.02 Å². The molecule has 0 saturated carbocycles. The van der Waals surface area contributed by atoms with Crippen LogP contribution in [0.4, 0.5) is 0 Å². The van der Waals surface area contributed by atoms with E-state index in [0.29, 0.717) is 35.2 Å². The first-order valence-electron chi connectivity index (χ1n) is 10.3. The molecule has 0 bridgehead atoms. The number of amides is 1. The van der Waals surface area contributed by atoms with Crippen LogP contribution in [0.5, 0.6) is 11.5 Å². The maximum atomic E-state index is 13.0. The standard InChI is InChI=1S/C24H26ClNO5/c1-4-6-13-26-21(15-7-10-17(11-8-15)31-5-2)20(23(28)24(26)29)22(27)18-14-16(25)9-12-19(18)30-3/h7-12,14,21,27H,4-6,13H2,1-3H3/b22-20+. The Morgan fingerprint density at radius 3 is 2.45 bits per heavy atom. The van der Waals surface area contributed by atoms with Gasteiger partial charge in [-0.05, 0) is 49.2 Å². The van der Waals surface area contributed by atoms with Crippen LogP contribution >= 0.6 is 11.6 Å². The highest BCUT2D eigenvalue weighted by molar-refractivity contribution is 6.46. The number of halogens is 1. The van der Waals surface area contributed by atoms with Crippen molar-refractivity contribution in [3.8, 4) is 11.5 Å². The molecule has 1 fully saturated rings. The van der Waals surface area contributed by atoms with E-state index >= 15 is 0 Å². The van der Waals surface area contributed by atoms with Crippen molar-refractivity contribution in [2.45, 2.75) is 32.7 Å². The molecule has 0 radical (unpaired) electrons. The molecule has 3 rings (SSSR count). The van der Waals surface area contributed by atoms with Gasteiger partial charge in [-0.15, -0.1) is 0 Å². The molecule has 7 heteroatoms. The van der Waals surface area contributed by atoms with Crippen LogP contribution in [0.15, 0.2) is 48.0 Å². The van der Waals surface area contributed by atoms with Crippen molar-refractivity contribution < 1.29 is 24.2 Å². The van der Waals surface area contributed by atoms with E-state index in [4.69, 9.17) is 21.1 Å². The first-order chi connectivity index (χ1) is 14.9. The normalized spacial score (nSPS) is 17.8. The minimum absolute atomic E-state index is 0.0193. The van der Waals surface area contributed by atoms with Gasteiger partial charge in [-0.2, -0.15) is 0 Å². The second-order valence-corrected chi connectivity index (χ2v) is 7.63. The third kappa shape index (κ3) is 4.54. The maximum Gasteiger partial charge on any atom is 0.295 e. The molecule has 1 N–H and O–H groups in total. The number of methoxy groups -OCH3 is 1. The molecule has 1 atom stereocenters. The van der Waals surface area contributed by atoms with Crippen LogP contribution < -0.4 is 9.47 Å². The van der Waals surface area contributed by atoms with Crippen LogP contribution in [0.1, 0.15) is 43.9 Å². The Morgan fingerprint density at radius 2 is 1.84 bits per heavy atom. The van der Waals surface area contributed by atoms with Crippen molar-refractivity contribution in [2.75, 3.05) is 20.3 Å². The molecule has 2 aromatic carbocycles. The smallest absolute Gasteiger partial charge is 0.295 e. The molecule has 0 aromatic heterocycles. The summed E-state index contributed by atoms with van der Waals surface area (Å²) in [6.45, 7) is 4.84. The number of carbonyl (C=O) groups is 2. The predicted octanol–water partition coefficient (Wildman–Crippen LogP) is 4.97. The van der Waals surface area contributed by atoms with E-state index in [1.54, 1.807) is 24.3 Å². The zero-order valence-corrected chi connectivity index (χ0v) is 18.6. The number of ketones is 1. The summed E-state index contributed by atoms with van der Waals surface area (Å²) in [5.74, 6) is -0.625. The Labute approximate surface area is 187 Å². The Kier molecular flexibility index (Phi) is 7.23. The fourth-order valence-corrected chi connectivity index (χ4v) is 3.88. The summed E-state index contributed by atoms with van der Waals surface area (Å²) in [5.41, 5.74) is 0.992. The minimum Gasteiger partial charge on any atom is -0.507 e. The lowest BCUT2D eigenvalue weighted by Gasteiger charge is -2.25. The summed E-state index contributed by atoms with van der Waals surface area (Å²) >= 11 is 6.12. The lowest BCUT2D eigenvalue weighted by molar-refractivity contribution is -0.139. The Balaban J connectivity index is 2.17. The largest absolute Gasteiger partial charge is 0.507 e. The van der Waals surface area contributed by atoms with Crippen LogP contribution in [0, 0.1) is 0 Å². The predicted molar refractivity (Wildman–Crippen MR) is 120 cm³/mol. The van der Waals surface area contributed by atoms with E-state index < -0.39 is 17.7 Å². The van der Waals surface area contributed by atoms with Crippen molar-refractivity contribution in [1.82, 2.24) is 4.90 Å². The van der Waals surface area contributed by atoms with Crippen molar-refractivity contribution >= 4 is 29.1 Å². The molecule has 1 aliphatic heterocycles. The lowest BCUT2D eigenvalue weighted by Crippen LogP contribution is -2.30. The quantitative estimate of drug-likeness (QED) is 0.354. The molecule has 1 unspecified atom stereocenters. The van der Waals surface area contributed by atoms with Crippen LogP contribution in [-0.4, -0.2) is 42.0 Å². The lowest BCUT2D eigenvalue weighted by atomic mass is 9.95. The molecule has 2 aromatic rings. The number of ether oxygens (including phenoxy) is 2. The van der Waals surface area contributed by atoms with Crippen molar-refractivity contribution in [1.29, 1.82) is 0 Å². The first-order valence-corrected chi connectivity index (χ1v) is 10.7. The maximum absolute atomic E-state index is 13.0. The van der Waals surface area contributed by atoms with Gasteiger partial charge in [0.2, 0.25) is 0 Å². The average molecular weight is 444 g/mol. The molecule has 0 aliphatic carbocycles. The van der Waals surface area contributed by atoms with Crippen LogP contribution in [0.25, 0.3) is 5.76 Å². The number of unbranched alkanes of at least 4 members (excludes halogenated alkanes) is 1. The number of aliphatic hydroxyl groups excluding tert-OH is 1. The van der Waals surface area contributed by atoms with Crippen LogP contribution in [0.3, 0.4) is 0 Å². The number of likely N-dealkylation sites (tertiary alicyclic amines) is 1. The molecule has 1 saturated heterocycles. The number of carbonyl (C=O) groups excluding carboxylic acids is 2. The number of aliphatic hydroxyl groups is 1. The second-order valence-electron chi connectivity index (χ2n) is 7.19. The SMILES string of the molecule is CCCCN1C(=O)C(=O)/C(=C(/O)c2cc(Cl)ccc2OC)C1c1ccc(OCC)cc1. The number of nitrogens with zero attached hydrogens (tertiary/aromatic N) is 1. The zero-order chi connectivity index (χ0) is 22.5. The third-order valence-electron chi connectivity index (χ3n) is 5.22. The summed E-state index contributed by atoms with van der Waals surface area (Å²) in [5, 5.41) is 11.6. The summed E-state index contributed by atoms with van der Waals surface area (Å²) in [6.07, 6.45) is 1.60. The fraction of sp³-hybridized carbons (Fsp3) is 0.333. The Bertz CT molecular complexity index is 1000. The molecular weight excluding hydrogens is 418 g/mol. The zero-order valence-electron chi connectivity index (χ0n) is 17.9. The van der Waals surface area contributed by atoms with Crippen molar-refractivity contribution in [2.24, 2.45) is 0 Å². The Morgan fingerprint density at radius 1 is 1.13 bits per heavy atom. The van der Waals surface area contributed by atoms with Gasteiger partial charge in [-0.3, -0.25) is 9.59 Å². The van der Waals surface area contributed by atoms with Crippen molar-refractivity contribution in [3.05, 3.63) is 64.2 Å². The molecular formula is C24H26ClNO5. The van der Waals surface area contributed by atoms with Gasteiger partial charge in [0.15, 0.2) is 0 Å². The van der Waals surface area contributed by atoms with E-state index in [9.17, 15) is 14.7 Å². The van der Waals surface area contributed by atoms with Gasteiger partial charge in [0.1, 0.15) is 17.3 Å². The molecule has 164 valence electrons. The molecule has 1 heterocycles. The average Bonchev–Trinajstić information content (AvgIpc) is 3.02. The minimum atomic E-state index is -0.727. The molecule has 0 spiro atoms. The van der Waals surface area contributed by atoms with E-state index in [1.807, 2.05) is 26.0 Å². The summed E-state index contributed by atoms with van der Waals surface area (Å²) in [4.78, 5) is 27.4. The highest BCUT2D eigenvalue weighted by Gasteiger charge is 2.46. The first kappa shape index (κ1) is 22.7. The highest BCUT2D eigenvalue weighted by atomic mass is 35.5. The second kappa shape index (κ2) is 9.88. The summed E-state index contributed by atoms with van der Waals surface area (Å²) in [6, 6.07) is 11.2. The van der Waals surface area contributed by atoms with Gasteiger partial charge in [0, 0.05) is 11.6 Å². The number of hydrogen-bond donors (Lipinski definition) is 1. The topological polar surface area (TPSA) is 76.1 Å². The monoisotopic (exact) mass is 443 g/mol. The molecule has 1 aliphatic rings. The van der Waals surface area contributed by atoms with Gasteiger partial charge in [0.25, 0.3) is 11.7 Å². The van der Waals surface area contributed by atoms with Gasteiger partial charge < -0.3 is 19.5 Å². The van der Waals surface area contributed by atoms with Gasteiger partial charge in [-0.25, -0.2) is 0 Å². The number of rotatable bonds is 8. The molecule has 31 heavy (non-hydrogen) atoms. The van der Waals surface area contributed by atoms with Crippen molar-refractivity contribution in [3.63, 3.8) is 0 Å². The van der Waals surface area contributed by atoms with Crippen LogP contribution in [-0.2, 0) is 9.59 Å². The molecule has 1 amide bonds. The highest BCUT2D eigenvalue weighted by Crippen LogP contribution is 2.41. The number of benzene rings is 2. The van der Waals surface area contributed by atoms with Gasteiger partial charge in [-0.1, -0.05) is 37.1 Å².